The number of aromatic nitrogens is 1. The van der Waals surface area contributed by atoms with Crippen LogP contribution >= 0.6 is 35.3 Å². The highest BCUT2D eigenvalue weighted by Crippen LogP contribution is 2.11. The summed E-state index contributed by atoms with van der Waals surface area (Å²) >= 11 is 1.73. The van der Waals surface area contributed by atoms with E-state index in [1.165, 1.54) is 5.01 Å². The van der Waals surface area contributed by atoms with E-state index in [1.54, 1.807) is 11.3 Å². The summed E-state index contributed by atoms with van der Waals surface area (Å²) in [7, 11) is 2.04. The molecule has 7 heteroatoms. The first-order chi connectivity index (χ1) is 12.2. The molecule has 0 fully saturated rings. The maximum Gasteiger partial charge on any atom is 0.193 e. The van der Waals surface area contributed by atoms with E-state index >= 15 is 0 Å². The second-order valence-corrected chi connectivity index (χ2v) is 6.75. The van der Waals surface area contributed by atoms with Crippen molar-refractivity contribution in [2.45, 2.75) is 26.7 Å². The van der Waals surface area contributed by atoms with Crippen LogP contribution in [0.5, 0.6) is 5.75 Å². The Kier molecular flexibility index (Phi) is 11.3. The third-order valence-corrected chi connectivity index (χ3v) is 4.64. The second-order valence-electron chi connectivity index (χ2n) is 5.80. The summed E-state index contributed by atoms with van der Waals surface area (Å²) < 4.78 is 5.76. The van der Waals surface area contributed by atoms with E-state index in [4.69, 9.17) is 9.73 Å². The van der Waals surface area contributed by atoms with Crippen LogP contribution in [0.4, 0.5) is 0 Å². The Labute approximate surface area is 177 Å². The maximum absolute atomic E-state index is 5.76. The van der Waals surface area contributed by atoms with E-state index in [0.717, 1.165) is 49.9 Å². The lowest BCUT2D eigenvalue weighted by Gasteiger charge is -2.22. The predicted molar refractivity (Wildman–Crippen MR) is 121 cm³/mol. The van der Waals surface area contributed by atoms with Crippen molar-refractivity contribution in [1.82, 2.24) is 15.2 Å². The molecule has 0 aliphatic carbocycles. The molecule has 0 radical (unpaired) electrons. The van der Waals surface area contributed by atoms with Gasteiger partial charge in [0.1, 0.15) is 12.4 Å². The zero-order chi connectivity index (χ0) is 17.9. The van der Waals surface area contributed by atoms with Gasteiger partial charge in [0.2, 0.25) is 0 Å². The molecular weight excluding hydrogens is 459 g/mol. The van der Waals surface area contributed by atoms with Gasteiger partial charge in [0.05, 0.1) is 11.6 Å². The standard InChI is InChI=1S/C19H28N4OS.HI/c1-4-20-19(21-12-8-11-18-22-16(2)15-25-18)23(3)13-14-24-17-9-6-5-7-10-17;/h5-7,9-10,15H,4,8,11-14H2,1-3H3,(H,20,21);1H. The van der Waals surface area contributed by atoms with Gasteiger partial charge in [-0.3, -0.25) is 4.99 Å². The molecule has 0 aliphatic rings. The minimum atomic E-state index is 0. The van der Waals surface area contributed by atoms with Crippen molar-refractivity contribution in [3.63, 3.8) is 0 Å². The van der Waals surface area contributed by atoms with Crippen LogP contribution < -0.4 is 10.1 Å². The number of rotatable bonds is 9. The molecule has 0 unspecified atom stereocenters. The lowest BCUT2D eigenvalue weighted by Crippen LogP contribution is -2.41. The third kappa shape index (κ3) is 8.35. The second kappa shape index (κ2) is 12.9. The number of thiazole rings is 1. The first-order valence-electron chi connectivity index (χ1n) is 8.77. The predicted octanol–water partition coefficient (Wildman–Crippen LogP) is 3.98. The van der Waals surface area contributed by atoms with Crippen molar-refractivity contribution in [2.75, 3.05) is 33.3 Å². The highest BCUT2D eigenvalue weighted by atomic mass is 127. The first kappa shape index (κ1) is 22.7. The Morgan fingerprint density at radius 3 is 2.73 bits per heavy atom. The Morgan fingerprint density at radius 1 is 1.31 bits per heavy atom. The smallest absolute Gasteiger partial charge is 0.193 e. The van der Waals surface area contributed by atoms with Crippen molar-refractivity contribution in [2.24, 2.45) is 4.99 Å². The maximum atomic E-state index is 5.76. The fourth-order valence-corrected chi connectivity index (χ4v) is 3.14. The lowest BCUT2D eigenvalue weighted by atomic mass is 10.3. The molecule has 0 bridgehead atoms. The number of nitrogens with one attached hydrogen (secondary N) is 1. The van der Waals surface area contributed by atoms with Gasteiger partial charge in [-0.1, -0.05) is 18.2 Å². The van der Waals surface area contributed by atoms with Crippen LogP contribution in [0, 0.1) is 6.92 Å². The molecule has 1 heterocycles. The van der Waals surface area contributed by atoms with Crippen LogP contribution in [-0.4, -0.2) is 49.1 Å². The minimum absolute atomic E-state index is 0. The van der Waals surface area contributed by atoms with Crippen LogP contribution in [0.3, 0.4) is 0 Å². The van der Waals surface area contributed by atoms with Crippen molar-refractivity contribution in [3.05, 3.63) is 46.4 Å². The van der Waals surface area contributed by atoms with E-state index in [-0.39, 0.29) is 24.0 Å². The Balaban J connectivity index is 0.00000338. The molecule has 26 heavy (non-hydrogen) atoms. The van der Waals surface area contributed by atoms with E-state index in [0.29, 0.717) is 6.61 Å². The highest BCUT2D eigenvalue weighted by Gasteiger charge is 2.06. The molecule has 0 aliphatic heterocycles. The molecule has 0 atom stereocenters. The largest absolute Gasteiger partial charge is 0.492 e. The number of halogens is 1. The van der Waals surface area contributed by atoms with Crippen LogP contribution in [0.1, 0.15) is 24.0 Å². The summed E-state index contributed by atoms with van der Waals surface area (Å²) in [6.07, 6.45) is 2.00. The monoisotopic (exact) mass is 488 g/mol. The molecule has 0 saturated heterocycles. The van der Waals surface area contributed by atoms with E-state index in [2.05, 4.69) is 27.5 Å². The molecule has 1 N–H and O–H groups in total. The molecule has 0 spiro atoms. The Bertz CT molecular complexity index is 648. The fraction of sp³-hybridized carbons (Fsp3) is 0.474. The quantitative estimate of drug-likeness (QED) is 0.251. The van der Waals surface area contributed by atoms with Crippen LogP contribution in [-0.2, 0) is 6.42 Å². The molecule has 1 aromatic carbocycles. The van der Waals surface area contributed by atoms with Crippen molar-refractivity contribution < 1.29 is 4.74 Å². The molecular formula is C19H29IN4OS. The number of hydrogen-bond acceptors (Lipinski definition) is 4. The molecule has 144 valence electrons. The number of para-hydroxylation sites is 1. The van der Waals surface area contributed by atoms with Crippen LogP contribution in [0.15, 0.2) is 40.7 Å². The van der Waals surface area contributed by atoms with E-state index < -0.39 is 0 Å². The van der Waals surface area contributed by atoms with Gasteiger partial charge in [0.15, 0.2) is 5.96 Å². The van der Waals surface area contributed by atoms with Gasteiger partial charge in [-0.2, -0.15) is 0 Å². The van der Waals surface area contributed by atoms with Crippen molar-refractivity contribution in [1.29, 1.82) is 0 Å². The van der Waals surface area contributed by atoms with Crippen molar-refractivity contribution in [3.8, 4) is 5.75 Å². The zero-order valence-corrected chi connectivity index (χ0v) is 18.9. The van der Waals surface area contributed by atoms with Gasteiger partial charge in [-0.05, 0) is 32.4 Å². The van der Waals surface area contributed by atoms with E-state index in [9.17, 15) is 0 Å². The highest BCUT2D eigenvalue weighted by molar-refractivity contribution is 14.0. The number of guanidine groups is 1. The van der Waals surface area contributed by atoms with Gasteiger partial charge in [-0.25, -0.2) is 4.98 Å². The average molecular weight is 488 g/mol. The molecule has 5 nitrogen and oxygen atoms in total. The van der Waals surface area contributed by atoms with Gasteiger partial charge in [-0.15, -0.1) is 35.3 Å². The molecule has 2 rings (SSSR count). The third-order valence-electron chi connectivity index (χ3n) is 3.61. The summed E-state index contributed by atoms with van der Waals surface area (Å²) in [6.45, 7) is 7.19. The number of aliphatic imine (C=N–C) groups is 1. The number of likely N-dealkylation sites (N-methyl/N-ethyl adjacent to an activating group) is 1. The Morgan fingerprint density at radius 2 is 2.08 bits per heavy atom. The molecule has 2 aromatic rings. The zero-order valence-electron chi connectivity index (χ0n) is 15.8. The normalized spacial score (nSPS) is 11.0. The van der Waals surface area contributed by atoms with Gasteiger partial charge >= 0.3 is 0 Å². The number of nitrogens with zero attached hydrogens (tertiary/aromatic N) is 3. The van der Waals surface area contributed by atoms with Crippen LogP contribution in [0.2, 0.25) is 0 Å². The number of benzene rings is 1. The van der Waals surface area contributed by atoms with Gasteiger partial charge in [0, 0.05) is 37.6 Å². The Hall–Kier alpha value is -1.35. The average Bonchev–Trinajstić information content (AvgIpc) is 3.03. The molecule has 0 saturated carbocycles. The SMILES string of the molecule is CCNC(=NCCCc1nc(C)cs1)N(C)CCOc1ccccc1.I. The lowest BCUT2D eigenvalue weighted by molar-refractivity contribution is 0.281. The number of ether oxygens (including phenoxy) is 1. The summed E-state index contributed by atoms with van der Waals surface area (Å²) in [5.74, 6) is 1.83. The number of hydrogen-bond donors (Lipinski definition) is 1. The van der Waals surface area contributed by atoms with Gasteiger partial charge in [0.25, 0.3) is 0 Å². The molecule has 1 aromatic heterocycles. The van der Waals surface area contributed by atoms with E-state index in [1.807, 2.05) is 44.3 Å². The van der Waals surface area contributed by atoms with Crippen molar-refractivity contribution >= 4 is 41.3 Å². The summed E-state index contributed by atoms with van der Waals surface area (Å²) in [5.41, 5.74) is 1.11. The van der Waals surface area contributed by atoms with Gasteiger partial charge < -0.3 is 15.0 Å². The summed E-state index contributed by atoms with van der Waals surface area (Å²) in [4.78, 5) is 11.3. The molecule has 0 amide bonds. The first-order valence-corrected chi connectivity index (χ1v) is 9.65. The summed E-state index contributed by atoms with van der Waals surface area (Å²) in [5, 5.41) is 6.64. The minimum Gasteiger partial charge on any atom is -0.492 e. The summed E-state index contributed by atoms with van der Waals surface area (Å²) in [6, 6.07) is 9.89. The topological polar surface area (TPSA) is 49.8 Å². The number of aryl methyl sites for hydroxylation is 2. The van der Waals surface area contributed by atoms with Crippen LogP contribution in [0.25, 0.3) is 0 Å². The fourth-order valence-electron chi connectivity index (χ4n) is 2.33.